The lowest BCUT2D eigenvalue weighted by Gasteiger charge is -2.15. The van der Waals surface area contributed by atoms with Crippen molar-refractivity contribution in [1.82, 2.24) is 0 Å². The number of thioether (sulfide) groups is 1. The van der Waals surface area contributed by atoms with Crippen LogP contribution >= 0.6 is 11.8 Å². The molecule has 0 aliphatic rings. The Labute approximate surface area is 88.9 Å². The molecule has 0 aliphatic heterocycles. The number of nitrogens with two attached hydrogens (primary N) is 1. The third-order valence-electron chi connectivity index (χ3n) is 2.22. The van der Waals surface area contributed by atoms with Crippen LogP contribution < -0.4 is 5.73 Å². The lowest BCUT2D eigenvalue weighted by Crippen LogP contribution is -2.27. The topological polar surface area (TPSA) is 43.1 Å². The first-order valence-corrected chi connectivity index (χ1v) is 5.50. The molecular weight excluding hydrogens is 194 g/mol. The summed E-state index contributed by atoms with van der Waals surface area (Å²) < 4.78 is 0. The summed E-state index contributed by atoms with van der Waals surface area (Å²) in [7, 11) is 0. The van der Waals surface area contributed by atoms with E-state index in [4.69, 9.17) is 5.73 Å². The van der Waals surface area contributed by atoms with Crippen LogP contribution in [0.25, 0.3) is 0 Å². The number of amides is 1. The Morgan fingerprint density at radius 1 is 1.29 bits per heavy atom. The molecule has 1 amide bonds. The average Bonchev–Trinajstić information content (AvgIpc) is 2.18. The lowest BCUT2D eigenvalue weighted by molar-refractivity contribution is -0.121. The van der Waals surface area contributed by atoms with Gasteiger partial charge >= 0.3 is 0 Å². The van der Waals surface area contributed by atoms with E-state index in [9.17, 15) is 4.79 Å². The van der Waals surface area contributed by atoms with Crippen LogP contribution in [0.1, 0.15) is 13.8 Å². The molecule has 1 rings (SSSR count). The van der Waals surface area contributed by atoms with E-state index < -0.39 is 0 Å². The van der Waals surface area contributed by atoms with Crippen molar-refractivity contribution in [2.75, 3.05) is 0 Å². The lowest BCUT2D eigenvalue weighted by atomic mass is 10.1. The predicted molar refractivity (Wildman–Crippen MR) is 60.1 cm³/mol. The van der Waals surface area contributed by atoms with E-state index in [-0.39, 0.29) is 17.1 Å². The van der Waals surface area contributed by atoms with Crippen molar-refractivity contribution in [3.8, 4) is 0 Å². The molecule has 2 nitrogen and oxygen atoms in total. The molecule has 2 atom stereocenters. The summed E-state index contributed by atoms with van der Waals surface area (Å²) >= 11 is 1.68. The van der Waals surface area contributed by atoms with Crippen LogP contribution in [0, 0.1) is 5.92 Å². The van der Waals surface area contributed by atoms with Crippen molar-refractivity contribution in [1.29, 1.82) is 0 Å². The Morgan fingerprint density at radius 2 is 1.86 bits per heavy atom. The molecule has 0 saturated heterocycles. The number of hydrogen-bond donors (Lipinski definition) is 1. The van der Waals surface area contributed by atoms with E-state index in [1.54, 1.807) is 11.8 Å². The summed E-state index contributed by atoms with van der Waals surface area (Å²) in [6, 6.07) is 10.0. The highest BCUT2D eigenvalue weighted by atomic mass is 32.2. The van der Waals surface area contributed by atoms with Crippen molar-refractivity contribution < 1.29 is 4.79 Å². The molecule has 0 unspecified atom stereocenters. The summed E-state index contributed by atoms with van der Waals surface area (Å²) in [4.78, 5) is 12.1. The number of rotatable bonds is 4. The third kappa shape index (κ3) is 3.07. The molecule has 3 heteroatoms. The summed E-state index contributed by atoms with van der Waals surface area (Å²) in [5.74, 6) is -0.332. The maximum absolute atomic E-state index is 10.9. The van der Waals surface area contributed by atoms with Crippen LogP contribution in [-0.2, 0) is 4.79 Å². The van der Waals surface area contributed by atoms with Gasteiger partial charge in [-0.25, -0.2) is 0 Å². The molecule has 0 aliphatic carbocycles. The van der Waals surface area contributed by atoms with Gasteiger partial charge in [0.05, 0.1) is 0 Å². The highest BCUT2D eigenvalue weighted by Crippen LogP contribution is 2.27. The van der Waals surface area contributed by atoms with E-state index >= 15 is 0 Å². The van der Waals surface area contributed by atoms with Crippen LogP contribution in [0.2, 0.25) is 0 Å². The van der Waals surface area contributed by atoms with Crippen molar-refractivity contribution in [3.05, 3.63) is 30.3 Å². The molecule has 14 heavy (non-hydrogen) atoms. The van der Waals surface area contributed by atoms with Gasteiger partial charge in [-0.3, -0.25) is 4.79 Å². The first-order valence-electron chi connectivity index (χ1n) is 4.62. The summed E-state index contributed by atoms with van der Waals surface area (Å²) in [6.07, 6.45) is 0. The van der Waals surface area contributed by atoms with Crippen LogP contribution in [-0.4, -0.2) is 11.2 Å². The van der Waals surface area contributed by atoms with E-state index in [2.05, 4.69) is 0 Å². The zero-order valence-corrected chi connectivity index (χ0v) is 9.25. The highest BCUT2D eigenvalue weighted by Gasteiger charge is 2.18. The number of primary amides is 1. The van der Waals surface area contributed by atoms with Gasteiger partial charge in [-0.2, -0.15) is 0 Å². The molecule has 0 fully saturated rings. The van der Waals surface area contributed by atoms with Gasteiger partial charge < -0.3 is 5.73 Å². The van der Waals surface area contributed by atoms with Gasteiger partial charge in [-0.05, 0) is 12.1 Å². The third-order valence-corrected chi connectivity index (χ3v) is 3.54. The Morgan fingerprint density at radius 3 is 2.36 bits per heavy atom. The Kier molecular flexibility index (Phi) is 4.01. The average molecular weight is 209 g/mol. The minimum absolute atomic E-state index is 0.0970. The monoisotopic (exact) mass is 209 g/mol. The van der Waals surface area contributed by atoms with Crippen molar-refractivity contribution in [2.24, 2.45) is 11.7 Å². The molecule has 0 heterocycles. The molecule has 1 aromatic carbocycles. The Hall–Kier alpha value is -0.960. The smallest absolute Gasteiger partial charge is 0.221 e. The first kappa shape index (κ1) is 11.1. The van der Waals surface area contributed by atoms with Gasteiger partial charge in [0.15, 0.2) is 0 Å². The summed E-state index contributed by atoms with van der Waals surface area (Å²) in [6.45, 7) is 3.88. The molecule has 0 aromatic heterocycles. The van der Waals surface area contributed by atoms with Crippen LogP contribution in [0.15, 0.2) is 35.2 Å². The Bertz CT molecular complexity index is 299. The maximum Gasteiger partial charge on any atom is 0.221 e. The van der Waals surface area contributed by atoms with E-state index in [0.29, 0.717) is 0 Å². The van der Waals surface area contributed by atoms with Crippen LogP contribution in [0.3, 0.4) is 0 Å². The second-order valence-electron chi connectivity index (χ2n) is 3.33. The van der Waals surface area contributed by atoms with Gasteiger partial charge in [-0.1, -0.05) is 32.0 Å². The van der Waals surface area contributed by atoms with Crippen molar-refractivity contribution >= 4 is 17.7 Å². The maximum atomic E-state index is 10.9. The zero-order valence-electron chi connectivity index (χ0n) is 8.44. The number of carbonyl (C=O) groups excluding carboxylic acids is 1. The fraction of sp³-hybridized carbons (Fsp3) is 0.364. The molecule has 0 radical (unpaired) electrons. The molecule has 76 valence electrons. The second kappa shape index (κ2) is 5.05. The highest BCUT2D eigenvalue weighted by molar-refractivity contribution is 8.00. The number of hydrogen-bond acceptors (Lipinski definition) is 2. The van der Waals surface area contributed by atoms with Gasteiger partial charge in [0.1, 0.15) is 0 Å². The first-order chi connectivity index (χ1) is 6.61. The van der Waals surface area contributed by atoms with Gasteiger partial charge in [-0.15, -0.1) is 11.8 Å². The van der Waals surface area contributed by atoms with Gasteiger partial charge in [0.25, 0.3) is 0 Å². The predicted octanol–water partition coefficient (Wildman–Crippen LogP) is 2.29. The van der Waals surface area contributed by atoms with Crippen LogP contribution in [0.5, 0.6) is 0 Å². The summed E-state index contributed by atoms with van der Waals surface area (Å²) in [5.41, 5.74) is 5.24. The number of benzene rings is 1. The van der Waals surface area contributed by atoms with Gasteiger partial charge in [0, 0.05) is 16.1 Å². The molecule has 0 bridgehead atoms. The van der Waals surface area contributed by atoms with E-state index in [0.717, 1.165) is 0 Å². The minimum atomic E-state index is -0.235. The van der Waals surface area contributed by atoms with Gasteiger partial charge in [0.2, 0.25) is 5.91 Å². The fourth-order valence-electron chi connectivity index (χ4n) is 1.05. The zero-order chi connectivity index (χ0) is 10.6. The minimum Gasteiger partial charge on any atom is -0.369 e. The van der Waals surface area contributed by atoms with Crippen molar-refractivity contribution in [2.45, 2.75) is 24.0 Å². The molecule has 0 saturated carbocycles. The fourth-order valence-corrected chi connectivity index (χ4v) is 2.13. The van der Waals surface area contributed by atoms with E-state index in [1.807, 2.05) is 44.2 Å². The molecule has 2 N–H and O–H groups in total. The Balaban J connectivity index is 2.57. The quantitative estimate of drug-likeness (QED) is 0.773. The van der Waals surface area contributed by atoms with Crippen LogP contribution in [0.4, 0.5) is 0 Å². The second-order valence-corrected chi connectivity index (χ2v) is 4.78. The summed E-state index contributed by atoms with van der Waals surface area (Å²) in [5, 5.41) is 0.217. The SMILES string of the molecule is C[C@@H](Sc1ccccc1)[C@@H](C)C(N)=O. The molecule has 1 aromatic rings. The largest absolute Gasteiger partial charge is 0.369 e. The number of carbonyl (C=O) groups is 1. The normalized spacial score (nSPS) is 14.7. The van der Waals surface area contributed by atoms with Crippen molar-refractivity contribution in [3.63, 3.8) is 0 Å². The standard InChI is InChI=1S/C11H15NOS/c1-8(11(12)13)9(2)14-10-6-4-3-5-7-10/h3-9H,1-2H3,(H2,12,13)/t8-,9-/m1/s1. The molecule has 0 spiro atoms. The van der Waals surface area contributed by atoms with E-state index in [1.165, 1.54) is 4.90 Å². The molecular formula is C11H15NOS.